The van der Waals surface area contributed by atoms with E-state index in [2.05, 4.69) is 20.6 Å². The number of aromatic nitrogens is 2. The summed E-state index contributed by atoms with van der Waals surface area (Å²) in [6.45, 7) is 2.68. The van der Waals surface area contributed by atoms with Crippen LogP contribution in [0.25, 0.3) is 10.9 Å². The Bertz CT molecular complexity index is 1280. The van der Waals surface area contributed by atoms with Gasteiger partial charge < -0.3 is 25.0 Å². The summed E-state index contributed by atoms with van der Waals surface area (Å²) in [6.07, 6.45) is 8.17. The largest absolute Gasteiger partial charge is 0.493 e. The number of fused-ring (bicyclic) bond motifs is 1. The number of nitrogens with one attached hydrogen (secondary N) is 2. The van der Waals surface area contributed by atoms with E-state index in [1.165, 1.54) is 18.5 Å². The quantitative estimate of drug-likeness (QED) is 0.329. The molecule has 1 aliphatic carbocycles. The number of anilines is 2. The van der Waals surface area contributed by atoms with Gasteiger partial charge >= 0.3 is 0 Å². The summed E-state index contributed by atoms with van der Waals surface area (Å²) < 4.78 is 25.6. The molecular formula is C28H33ClFN5O3. The lowest BCUT2D eigenvalue weighted by atomic mass is 9.93. The van der Waals surface area contributed by atoms with Gasteiger partial charge in [0.05, 0.1) is 23.8 Å². The number of carbonyl (C=O) groups is 1. The molecule has 2 fully saturated rings. The molecule has 0 bridgehead atoms. The molecule has 8 nitrogen and oxygen atoms in total. The second-order valence-corrected chi connectivity index (χ2v) is 10.3. The van der Waals surface area contributed by atoms with Crippen LogP contribution in [0.4, 0.5) is 15.9 Å². The van der Waals surface area contributed by atoms with E-state index in [9.17, 15) is 9.18 Å². The topological polar surface area (TPSA) is 88.6 Å². The highest BCUT2D eigenvalue weighted by molar-refractivity contribution is 6.31. The number of nitrogens with zero attached hydrogens (tertiary/aromatic N) is 3. The molecule has 2 N–H and O–H groups in total. The molecule has 202 valence electrons. The van der Waals surface area contributed by atoms with Gasteiger partial charge in [0.25, 0.3) is 0 Å². The second-order valence-electron chi connectivity index (χ2n) is 9.88. The van der Waals surface area contributed by atoms with Crippen molar-refractivity contribution < 1.29 is 18.7 Å². The van der Waals surface area contributed by atoms with Crippen molar-refractivity contribution in [3.63, 3.8) is 0 Å². The molecule has 0 radical (unpaired) electrons. The lowest BCUT2D eigenvalue weighted by Gasteiger charge is -2.30. The first kappa shape index (κ1) is 26.4. The highest BCUT2D eigenvalue weighted by Gasteiger charge is 2.24. The standard InChI is InChI=1S/C28H33ClFN5O3/c1-37-25-16-24-21(28(33-17-32-24)34-19-7-10-23(30)22(29)14-19)15-26(25)38-20-8-5-18(6-9-20)31-11-3-13-35-12-2-4-27(35)36/h7,10,14-18,20,31H,2-6,8-9,11-13H2,1H3,(H,32,33,34). The van der Waals surface area contributed by atoms with Gasteiger partial charge in [-0.05, 0) is 69.3 Å². The summed E-state index contributed by atoms with van der Waals surface area (Å²) in [7, 11) is 1.62. The van der Waals surface area contributed by atoms with Gasteiger partial charge in [0.15, 0.2) is 11.5 Å². The van der Waals surface area contributed by atoms with Crippen LogP contribution in [-0.2, 0) is 4.79 Å². The van der Waals surface area contributed by atoms with Crippen LogP contribution in [-0.4, -0.2) is 59.7 Å². The van der Waals surface area contributed by atoms with Crippen LogP contribution in [0.1, 0.15) is 44.9 Å². The van der Waals surface area contributed by atoms with Gasteiger partial charge in [-0.25, -0.2) is 14.4 Å². The van der Waals surface area contributed by atoms with Gasteiger partial charge in [0, 0.05) is 42.7 Å². The number of hydrogen-bond acceptors (Lipinski definition) is 7. The molecule has 1 saturated carbocycles. The van der Waals surface area contributed by atoms with Crippen LogP contribution in [0.15, 0.2) is 36.7 Å². The number of ether oxygens (including phenoxy) is 2. The van der Waals surface area contributed by atoms with Gasteiger partial charge in [-0.2, -0.15) is 0 Å². The Hall–Kier alpha value is -3.17. The molecule has 2 heterocycles. The molecule has 0 unspecified atom stereocenters. The highest BCUT2D eigenvalue weighted by Crippen LogP contribution is 2.37. The van der Waals surface area contributed by atoms with E-state index in [0.29, 0.717) is 46.9 Å². The molecule has 2 aliphatic rings. The van der Waals surface area contributed by atoms with Crippen molar-refractivity contribution in [3.8, 4) is 11.5 Å². The maximum atomic E-state index is 13.6. The third kappa shape index (κ3) is 6.27. The molecule has 2 aromatic carbocycles. The molecule has 10 heteroatoms. The molecule has 38 heavy (non-hydrogen) atoms. The third-order valence-corrected chi connectivity index (χ3v) is 7.57. The zero-order chi connectivity index (χ0) is 26.5. The van der Waals surface area contributed by atoms with E-state index < -0.39 is 5.82 Å². The lowest BCUT2D eigenvalue weighted by Crippen LogP contribution is -2.38. The van der Waals surface area contributed by atoms with Crippen LogP contribution in [0.5, 0.6) is 11.5 Å². The maximum Gasteiger partial charge on any atom is 0.222 e. The Kier molecular flexibility index (Phi) is 8.44. The molecule has 0 spiro atoms. The van der Waals surface area contributed by atoms with E-state index in [4.69, 9.17) is 21.1 Å². The first-order valence-corrected chi connectivity index (χ1v) is 13.6. The van der Waals surface area contributed by atoms with Crippen molar-refractivity contribution in [2.45, 2.75) is 57.1 Å². The summed E-state index contributed by atoms with van der Waals surface area (Å²) in [5.41, 5.74) is 1.32. The SMILES string of the molecule is COc1cc2ncnc(Nc3ccc(F)c(Cl)c3)c2cc1OC1CCC(NCCCN2CCCC2=O)CC1. The minimum absolute atomic E-state index is 0.0332. The summed E-state index contributed by atoms with van der Waals surface area (Å²) in [6, 6.07) is 8.64. The monoisotopic (exact) mass is 541 g/mol. The average Bonchev–Trinajstić information content (AvgIpc) is 3.34. The van der Waals surface area contributed by atoms with E-state index in [-0.39, 0.29) is 11.1 Å². The molecule has 3 aromatic rings. The number of rotatable bonds is 10. The summed E-state index contributed by atoms with van der Waals surface area (Å²) in [4.78, 5) is 22.5. The van der Waals surface area contributed by atoms with E-state index >= 15 is 0 Å². The summed E-state index contributed by atoms with van der Waals surface area (Å²) in [5.74, 6) is 1.63. The number of hydrogen-bond donors (Lipinski definition) is 2. The minimum atomic E-state index is -0.478. The average molecular weight is 542 g/mol. The van der Waals surface area contributed by atoms with Crippen molar-refractivity contribution in [3.05, 3.63) is 47.5 Å². The number of halogens is 2. The number of methoxy groups -OCH3 is 1. The van der Waals surface area contributed by atoms with Gasteiger partial charge in [-0.15, -0.1) is 0 Å². The Morgan fingerprint density at radius 3 is 2.71 bits per heavy atom. The van der Waals surface area contributed by atoms with E-state index in [0.717, 1.165) is 63.5 Å². The van der Waals surface area contributed by atoms with E-state index in [1.54, 1.807) is 13.2 Å². The fourth-order valence-electron chi connectivity index (χ4n) is 5.21. The van der Waals surface area contributed by atoms with Gasteiger partial charge in [-0.3, -0.25) is 4.79 Å². The molecule has 1 aliphatic heterocycles. The summed E-state index contributed by atoms with van der Waals surface area (Å²) in [5, 5.41) is 7.65. The van der Waals surface area contributed by atoms with Gasteiger partial charge in [0.2, 0.25) is 5.91 Å². The smallest absolute Gasteiger partial charge is 0.222 e. The van der Waals surface area contributed by atoms with E-state index in [1.807, 2.05) is 17.0 Å². The molecule has 1 saturated heterocycles. The van der Waals surface area contributed by atoms with Crippen LogP contribution < -0.4 is 20.1 Å². The minimum Gasteiger partial charge on any atom is -0.493 e. The molecule has 0 atom stereocenters. The fraction of sp³-hybridized carbons (Fsp3) is 0.464. The Labute approximate surface area is 226 Å². The fourth-order valence-corrected chi connectivity index (χ4v) is 5.39. The van der Waals surface area contributed by atoms with Crippen LogP contribution in [0.2, 0.25) is 5.02 Å². The molecular weight excluding hydrogens is 509 g/mol. The Morgan fingerprint density at radius 1 is 1.13 bits per heavy atom. The Balaban J connectivity index is 1.20. The normalized spacial score (nSPS) is 19.7. The predicted octanol–water partition coefficient (Wildman–Crippen LogP) is 5.47. The number of carbonyl (C=O) groups excluding carboxylic acids is 1. The molecule has 1 amide bonds. The van der Waals surface area contributed by atoms with Crippen molar-refractivity contribution in [2.75, 3.05) is 32.1 Å². The van der Waals surface area contributed by atoms with Gasteiger partial charge in [0.1, 0.15) is 18.0 Å². The van der Waals surface area contributed by atoms with Gasteiger partial charge in [-0.1, -0.05) is 11.6 Å². The third-order valence-electron chi connectivity index (χ3n) is 7.28. The number of amides is 1. The zero-order valence-corrected chi connectivity index (χ0v) is 22.3. The maximum absolute atomic E-state index is 13.6. The van der Waals surface area contributed by atoms with Crippen LogP contribution in [0.3, 0.4) is 0 Å². The van der Waals surface area contributed by atoms with Crippen LogP contribution >= 0.6 is 11.6 Å². The predicted molar refractivity (Wildman–Crippen MR) is 146 cm³/mol. The molecule has 5 rings (SSSR count). The molecule has 1 aromatic heterocycles. The first-order valence-electron chi connectivity index (χ1n) is 13.2. The van der Waals surface area contributed by atoms with Crippen molar-refractivity contribution in [2.24, 2.45) is 0 Å². The van der Waals surface area contributed by atoms with Crippen molar-refractivity contribution >= 4 is 39.9 Å². The first-order chi connectivity index (χ1) is 18.5. The van der Waals surface area contributed by atoms with Crippen molar-refractivity contribution in [1.82, 2.24) is 20.2 Å². The number of likely N-dealkylation sites (tertiary alicyclic amines) is 1. The van der Waals surface area contributed by atoms with Crippen molar-refractivity contribution in [1.29, 1.82) is 0 Å². The second kappa shape index (κ2) is 12.1. The summed E-state index contributed by atoms with van der Waals surface area (Å²) >= 11 is 5.95. The lowest BCUT2D eigenvalue weighted by molar-refractivity contribution is -0.127. The number of benzene rings is 2. The zero-order valence-electron chi connectivity index (χ0n) is 21.5. The highest BCUT2D eigenvalue weighted by atomic mass is 35.5. The Morgan fingerprint density at radius 2 is 1.97 bits per heavy atom. The van der Waals surface area contributed by atoms with Crippen LogP contribution in [0, 0.1) is 5.82 Å².